The molecule has 1 aliphatic rings. The quantitative estimate of drug-likeness (QED) is 0.895. The number of piperazine rings is 1. The Labute approximate surface area is 152 Å². The van der Waals surface area contributed by atoms with Crippen LogP contribution in [-0.2, 0) is 16.0 Å². The molecule has 0 unspecified atom stereocenters. The number of amides is 2. The predicted octanol–water partition coefficient (Wildman–Crippen LogP) is 1.42. The molecule has 8 nitrogen and oxygen atoms in total. The first kappa shape index (κ1) is 18.0. The first-order chi connectivity index (χ1) is 12.2. The summed E-state index contributed by atoms with van der Waals surface area (Å²) in [5, 5.41) is 0. The van der Waals surface area contributed by atoms with Crippen molar-refractivity contribution in [1.82, 2.24) is 14.3 Å². The fourth-order valence-electron chi connectivity index (χ4n) is 3.01. The number of anilines is 1. The largest absolute Gasteiger partial charge is 0.444 e. The number of nitrogens with zero attached hydrogens (tertiary/aromatic N) is 4. The minimum atomic E-state index is -0.493. The molecule has 2 amide bonds. The lowest BCUT2D eigenvalue weighted by Crippen LogP contribution is -2.50. The van der Waals surface area contributed by atoms with Crippen molar-refractivity contribution < 1.29 is 14.3 Å². The molecule has 0 radical (unpaired) electrons. The maximum Gasteiger partial charge on any atom is 0.410 e. The van der Waals surface area contributed by atoms with Crippen LogP contribution in [-0.4, -0.2) is 58.1 Å². The summed E-state index contributed by atoms with van der Waals surface area (Å²) in [7, 11) is 0. The Morgan fingerprint density at radius 1 is 1.19 bits per heavy atom. The van der Waals surface area contributed by atoms with E-state index < -0.39 is 11.5 Å². The van der Waals surface area contributed by atoms with E-state index in [4.69, 9.17) is 10.5 Å². The van der Waals surface area contributed by atoms with Gasteiger partial charge in [-0.25, -0.2) is 9.78 Å². The van der Waals surface area contributed by atoms with E-state index in [0.717, 1.165) is 11.5 Å². The van der Waals surface area contributed by atoms with Crippen LogP contribution in [0.1, 0.15) is 26.5 Å². The Kier molecular flexibility index (Phi) is 4.76. The number of ether oxygens (including phenoxy) is 1. The average molecular weight is 359 g/mol. The van der Waals surface area contributed by atoms with E-state index in [9.17, 15) is 9.59 Å². The van der Waals surface area contributed by atoms with Gasteiger partial charge in [-0.2, -0.15) is 0 Å². The molecule has 1 aliphatic heterocycles. The van der Waals surface area contributed by atoms with E-state index in [2.05, 4.69) is 9.88 Å². The van der Waals surface area contributed by atoms with Gasteiger partial charge in [0.05, 0.1) is 12.1 Å². The first-order valence-electron chi connectivity index (χ1n) is 8.71. The number of primary amides is 1. The van der Waals surface area contributed by atoms with Crippen LogP contribution in [0.2, 0.25) is 0 Å². The van der Waals surface area contributed by atoms with E-state index in [0.29, 0.717) is 31.9 Å². The lowest BCUT2D eigenvalue weighted by molar-refractivity contribution is -0.117. The Hall–Kier alpha value is -2.77. The van der Waals surface area contributed by atoms with Crippen LogP contribution in [0, 0.1) is 0 Å². The molecule has 0 aliphatic carbocycles. The van der Waals surface area contributed by atoms with Crippen molar-refractivity contribution >= 4 is 23.5 Å². The molecule has 2 aromatic rings. The van der Waals surface area contributed by atoms with Gasteiger partial charge in [-0.15, -0.1) is 0 Å². The highest BCUT2D eigenvalue weighted by Gasteiger charge is 2.26. The standard InChI is InChI=1S/C18H25N5O3/c1-18(2,3)26-17(25)22-9-7-21(8-10-22)16-6-4-5-15-20-13(11-14(19)24)12-23(15)16/h4-6,12H,7-11H2,1-3H3,(H2,19,24). The molecule has 2 N–H and O–H groups in total. The highest BCUT2D eigenvalue weighted by Crippen LogP contribution is 2.20. The fourth-order valence-corrected chi connectivity index (χ4v) is 3.01. The van der Waals surface area contributed by atoms with Gasteiger partial charge in [0, 0.05) is 32.4 Å². The number of fused-ring (bicyclic) bond motifs is 1. The van der Waals surface area contributed by atoms with Gasteiger partial charge in [-0.05, 0) is 32.9 Å². The zero-order chi connectivity index (χ0) is 18.9. The van der Waals surface area contributed by atoms with Gasteiger partial charge in [-0.1, -0.05) is 6.07 Å². The van der Waals surface area contributed by atoms with Crippen LogP contribution in [0.4, 0.5) is 10.6 Å². The number of pyridine rings is 1. The number of hydrogen-bond donors (Lipinski definition) is 1. The molecule has 3 rings (SSSR count). The van der Waals surface area contributed by atoms with Crippen LogP contribution < -0.4 is 10.6 Å². The van der Waals surface area contributed by atoms with Gasteiger partial charge in [0.15, 0.2) is 0 Å². The molecule has 8 heteroatoms. The molecular formula is C18H25N5O3. The number of hydrogen-bond acceptors (Lipinski definition) is 5. The molecule has 2 aromatic heterocycles. The Morgan fingerprint density at radius 2 is 1.88 bits per heavy atom. The molecule has 3 heterocycles. The maximum absolute atomic E-state index is 12.2. The second-order valence-electron chi connectivity index (χ2n) is 7.44. The summed E-state index contributed by atoms with van der Waals surface area (Å²) < 4.78 is 7.40. The predicted molar refractivity (Wildman–Crippen MR) is 98.1 cm³/mol. The van der Waals surface area contributed by atoms with Gasteiger partial charge in [0.1, 0.15) is 17.1 Å². The van der Waals surface area contributed by atoms with Crippen LogP contribution in [0.3, 0.4) is 0 Å². The smallest absolute Gasteiger partial charge is 0.410 e. The van der Waals surface area contributed by atoms with Gasteiger partial charge in [0.25, 0.3) is 0 Å². The van der Waals surface area contributed by atoms with Crippen molar-refractivity contribution in [1.29, 1.82) is 0 Å². The fraction of sp³-hybridized carbons (Fsp3) is 0.500. The van der Waals surface area contributed by atoms with Crippen molar-refractivity contribution in [2.24, 2.45) is 5.73 Å². The van der Waals surface area contributed by atoms with Gasteiger partial charge < -0.3 is 20.3 Å². The second kappa shape index (κ2) is 6.86. The monoisotopic (exact) mass is 359 g/mol. The Morgan fingerprint density at radius 3 is 2.50 bits per heavy atom. The Bertz CT molecular complexity index is 816. The van der Waals surface area contributed by atoms with E-state index in [1.54, 1.807) is 4.90 Å². The summed E-state index contributed by atoms with van der Waals surface area (Å²) in [5.41, 5.74) is 6.20. The number of nitrogens with two attached hydrogens (primary N) is 1. The normalized spacial score (nSPS) is 15.3. The third-order valence-corrected chi connectivity index (χ3v) is 4.13. The summed E-state index contributed by atoms with van der Waals surface area (Å²) in [6.07, 6.45) is 1.69. The lowest BCUT2D eigenvalue weighted by atomic mass is 10.2. The maximum atomic E-state index is 12.2. The summed E-state index contributed by atoms with van der Waals surface area (Å²) in [5.74, 6) is 0.579. The summed E-state index contributed by atoms with van der Waals surface area (Å²) in [6.45, 7) is 8.17. The highest BCUT2D eigenvalue weighted by atomic mass is 16.6. The van der Waals surface area contributed by atoms with Crippen molar-refractivity contribution in [2.45, 2.75) is 32.8 Å². The second-order valence-corrected chi connectivity index (χ2v) is 7.44. The van der Waals surface area contributed by atoms with Crippen LogP contribution in [0.25, 0.3) is 5.65 Å². The third kappa shape index (κ3) is 4.07. The number of imidazole rings is 1. The lowest BCUT2D eigenvalue weighted by Gasteiger charge is -2.36. The molecule has 1 saturated heterocycles. The molecule has 140 valence electrons. The summed E-state index contributed by atoms with van der Waals surface area (Å²) in [6, 6.07) is 5.84. The van der Waals surface area contributed by atoms with E-state index in [1.165, 1.54) is 0 Å². The van der Waals surface area contributed by atoms with Gasteiger partial charge in [-0.3, -0.25) is 9.20 Å². The summed E-state index contributed by atoms with van der Waals surface area (Å²) >= 11 is 0. The number of carbonyl (C=O) groups excluding carboxylic acids is 2. The first-order valence-corrected chi connectivity index (χ1v) is 8.71. The van der Waals surface area contributed by atoms with Crippen LogP contribution in [0.5, 0.6) is 0 Å². The minimum Gasteiger partial charge on any atom is -0.444 e. The van der Waals surface area contributed by atoms with Crippen molar-refractivity contribution in [3.05, 3.63) is 30.1 Å². The molecule has 1 fully saturated rings. The average Bonchev–Trinajstić information content (AvgIpc) is 2.94. The molecular weight excluding hydrogens is 334 g/mol. The molecule has 0 atom stereocenters. The number of carbonyl (C=O) groups is 2. The van der Waals surface area contributed by atoms with Crippen LogP contribution >= 0.6 is 0 Å². The van der Waals surface area contributed by atoms with Gasteiger partial charge in [0.2, 0.25) is 5.91 Å². The molecule has 0 bridgehead atoms. The van der Waals surface area contributed by atoms with Gasteiger partial charge >= 0.3 is 6.09 Å². The van der Waals surface area contributed by atoms with Crippen molar-refractivity contribution in [2.75, 3.05) is 31.1 Å². The van der Waals surface area contributed by atoms with Crippen LogP contribution in [0.15, 0.2) is 24.4 Å². The van der Waals surface area contributed by atoms with E-state index >= 15 is 0 Å². The topological polar surface area (TPSA) is 93.2 Å². The zero-order valence-electron chi connectivity index (χ0n) is 15.4. The Balaban J connectivity index is 1.72. The molecule has 0 spiro atoms. The third-order valence-electron chi connectivity index (χ3n) is 4.13. The van der Waals surface area contributed by atoms with Crippen molar-refractivity contribution in [3.8, 4) is 0 Å². The molecule has 0 saturated carbocycles. The minimum absolute atomic E-state index is 0.119. The number of rotatable bonds is 3. The van der Waals surface area contributed by atoms with E-state index in [-0.39, 0.29) is 12.5 Å². The zero-order valence-corrected chi connectivity index (χ0v) is 15.4. The molecule has 0 aromatic carbocycles. The summed E-state index contributed by atoms with van der Waals surface area (Å²) in [4.78, 5) is 31.7. The number of aromatic nitrogens is 2. The van der Waals surface area contributed by atoms with Crippen molar-refractivity contribution in [3.63, 3.8) is 0 Å². The van der Waals surface area contributed by atoms with E-state index in [1.807, 2.05) is 49.6 Å². The molecule has 26 heavy (non-hydrogen) atoms. The SMILES string of the molecule is CC(C)(C)OC(=O)N1CCN(c2cccc3nc(CC(N)=O)cn23)CC1. The highest BCUT2D eigenvalue weighted by molar-refractivity contribution is 5.76.